The van der Waals surface area contributed by atoms with Crippen LogP contribution in [0.4, 0.5) is 0 Å². The first kappa shape index (κ1) is 18.9. The molecule has 1 N–H and O–H groups in total. The summed E-state index contributed by atoms with van der Waals surface area (Å²) < 4.78 is 14.5. The number of fused-ring (bicyclic) bond motifs is 1. The largest absolute Gasteiger partial charge is 0.497 e. The molecule has 0 fully saturated rings. The molecule has 0 radical (unpaired) electrons. The first-order valence-electron chi connectivity index (χ1n) is 8.42. The van der Waals surface area contributed by atoms with Crippen LogP contribution in [0.5, 0.6) is 5.75 Å². The third kappa shape index (κ3) is 3.79. The van der Waals surface area contributed by atoms with Crippen LogP contribution in [-0.2, 0) is 32.0 Å². The molecule has 1 atom stereocenters. The van der Waals surface area contributed by atoms with E-state index in [2.05, 4.69) is 4.98 Å². The van der Waals surface area contributed by atoms with Gasteiger partial charge in [-0.2, -0.15) is 0 Å². The van der Waals surface area contributed by atoms with E-state index in [0.717, 1.165) is 15.9 Å². The van der Waals surface area contributed by atoms with Gasteiger partial charge in [-0.05, 0) is 17.7 Å². The number of aryl methyl sites for hydroxylation is 1. The van der Waals surface area contributed by atoms with E-state index >= 15 is 0 Å². The van der Waals surface area contributed by atoms with Gasteiger partial charge in [0.05, 0.1) is 39.3 Å². The maximum Gasteiger partial charge on any atom is 0.332 e. The van der Waals surface area contributed by atoms with Gasteiger partial charge in [-0.25, -0.2) is 9.78 Å². The first-order valence-corrected chi connectivity index (χ1v) is 8.42. The molecule has 27 heavy (non-hydrogen) atoms. The molecule has 0 bridgehead atoms. The second-order valence-corrected chi connectivity index (χ2v) is 6.29. The zero-order valence-corrected chi connectivity index (χ0v) is 15.5. The quantitative estimate of drug-likeness (QED) is 0.626. The lowest BCUT2D eigenvalue weighted by molar-refractivity contribution is 0.0208. The molecule has 0 aliphatic carbocycles. The van der Waals surface area contributed by atoms with Crippen molar-refractivity contribution in [1.29, 1.82) is 0 Å². The normalized spacial score (nSPS) is 12.4. The number of methoxy groups -OCH3 is 1. The van der Waals surface area contributed by atoms with Crippen molar-refractivity contribution >= 4 is 11.2 Å². The fraction of sp³-hybridized carbons (Fsp3) is 0.389. The van der Waals surface area contributed by atoms with Crippen molar-refractivity contribution < 1.29 is 14.6 Å². The van der Waals surface area contributed by atoms with Gasteiger partial charge in [0.2, 0.25) is 0 Å². The zero-order chi connectivity index (χ0) is 19.6. The van der Waals surface area contributed by atoms with E-state index < -0.39 is 17.4 Å². The Labute approximate surface area is 155 Å². The minimum absolute atomic E-state index is 0.0950. The summed E-state index contributed by atoms with van der Waals surface area (Å²) in [4.78, 5) is 28.5. The van der Waals surface area contributed by atoms with Crippen molar-refractivity contribution in [2.24, 2.45) is 14.1 Å². The van der Waals surface area contributed by atoms with Crippen LogP contribution in [0.25, 0.3) is 11.2 Å². The van der Waals surface area contributed by atoms with Crippen molar-refractivity contribution in [3.05, 3.63) is 57.0 Å². The number of nitrogens with zero attached hydrogens (tertiary/aromatic N) is 4. The standard InChI is InChI=1S/C18H22N4O5/c1-20-16-15(17(24)21(2)18(20)25)22(11-19-16)8-13(23)10-27-9-12-4-6-14(26-3)7-5-12/h4-7,11,13,23H,8-10H2,1-3H3. The third-order valence-corrected chi connectivity index (χ3v) is 4.36. The van der Waals surface area contributed by atoms with Crippen LogP contribution in [0.3, 0.4) is 0 Å². The molecule has 0 amide bonds. The monoisotopic (exact) mass is 374 g/mol. The number of hydrogen-bond donors (Lipinski definition) is 1. The van der Waals surface area contributed by atoms with Crippen LogP contribution in [0.15, 0.2) is 40.2 Å². The second-order valence-electron chi connectivity index (χ2n) is 6.29. The van der Waals surface area contributed by atoms with Crippen molar-refractivity contribution in [3.8, 4) is 5.75 Å². The van der Waals surface area contributed by atoms with Crippen LogP contribution in [0, 0.1) is 0 Å². The molecule has 0 saturated carbocycles. The SMILES string of the molecule is COc1ccc(COCC(O)Cn2cnc3c2c(=O)n(C)c(=O)n3C)cc1. The number of aromatic nitrogens is 4. The van der Waals surface area contributed by atoms with Gasteiger partial charge in [-0.1, -0.05) is 12.1 Å². The van der Waals surface area contributed by atoms with Gasteiger partial charge in [-0.15, -0.1) is 0 Å². The van der Waals surface area contributed by atoms with E-state index in [0.29, 0.717) is 6.61 Å². The summed E-state index contributed by atoms with van der Waals surface area (Å²) >= 11 is 0. The summed E-state index contributed by atoms with van der Waals surface area (Å²) in [6, 6.07) is 7.46. The predicted octanol–water partition coefficient (Wildman–Crippen LogP) is 0.0200. The molecular weight excluding hydrogens is 352 g/mol. The fourth-order valence-electron chi connectivity index (χ4n) is 2.85. The van der Waals surface area contributed by atoms with Crippen molar-refractivity contribution in [2.75, 3.05) is 13.7 Å². The number of benzene rings is 1. The molecule has 2 aromatic heterocycles. The van der Waals surface area contributed by atoms with Gasteiger partial charge in [0, 0.05) is 14.1 Å². The predicted molar refractivity (Wildman–Crippen MR) is 98.9 cm³/mol. The molecule has 1 unspecified atom stereocenters. The van der Waals surface area contributed by atoms with Crippen molar-refractivity contribution in [1.82, 2.24) is 18.7 Å². The number of aliphatic hydroxyl groups excluding tert-OH is 1. The average Bonchev–Trinajstić information content (AvgIpc) is 3.08. The smallest absolute Gasteiger partial charge is 0.332 e. The third-order valence-electron chi connectivity index (χ3n) is 4.36. The molecule has 9 nitrogen and oxygen atoms in total. The average molecular weight is 374 g/mol. The van der Waals surface area contributed by atoms with E-state index in [1.165, 1.54) is 17.9 Å². The highest BCUT2D eigenvalue weighted by Gasteiger charge is 2.16. The summed E-state index contributed by atoms with van der Waals surface area (Å²) in [7, 11) is 4.57. The summed E-state index contributed by atoms with van der Waals surface area (Å²) in [6.45, 7) is 0.576. The van der Waals surface area contributed by atoms with Gasteiger partial charge >= 0.3 is 5.69 Å². The summed E-state index contributed by atoms with van der Waals surface area (Å²) in [5.74, 6) is 0.766. The topological polar surface area (TPSA) is 101 Å². The van der Waals surface area contributed by atoms with E-state index in [9.17, 15) is 14.7 Å². The Bertz CT molecular complexity index is 1050. The Morgan fingerprint density at radius 2 is 1.85 bits per heavy atom. The molecule has 2 heterocycles. The molecule has 0 saturated heterocycles. The maximum absolute atomic E-state index is 12.4. The summed E-state index contributed by atoms with van der Waals surface area (Å²) in [5.41, 5.74) is 0.626. The number of rotatable bonds is 7. The Balaban J connectivity index is 1.66. The van der Waals surface area contributed by atoms with Crippen LogP contribution in [-0.4, -0.2) is 43.6 Å². The summed E-state index contributed by atoms with van der Waals surface area (Å²) in [6.07, 6.45) is 0.612. The minimum Gasteiger partial charge on any atom is -0.497 e. The van der Waals surface area contributed by atoms with Crippen molar-refractivity contribution in [2.45, 2.75) is 19.3 Å². The second kappa shape index (κ2) is 7.77. The highest BCUT2D eigenvalue weighted by Crippen LogP contribution is 2.12. The van der Waals surface area contributed by atoms with Crippen molar-refractivity contribution in [3.63, 3.8) is 0 Å². The van der Waals surface area contributed by atoms with E-state index in [4.69, 9.17) is 9.47 Å². The zero-order valence-electron chi connectivity index (χ0n) is 15.5. The Kier molecular flexibility index (Phi) is 5.43. The molecule has 1 aromatic carbocycles. The first-order chi connectivity index (χ1) is 12.9. The molecule has 9 heteroatoms. The summed E-state index contributed by atoms with van der Waals surface area (Å²) in [5, 5.41) is 10.3. The molecule has 3 rings (SSSR count). The minimum atomic E-state index is -0.831. The highest BCUT2D eigenvalue weighted by molar-refractivity contribution is 5.69. The Morgan fingerprint density at radius 1 is 1.15 bits per heavy atom. The molecule has 0 aliphatic heterocycles. The van der Waals surface area contributed by atoms with Gasteiger partial charge < -0.3 is 19.1 Å². The number of aliphatic hydroxyl groups is 1. The molecule has 0 spiro atoms. The number of ether oxygens (including phenoxy) is 2. The van der Waals surface area contributed by atoms with Gasteiger partial charge in [0.15, 0.2) is 11.2 Å². The number of hydrogen-bond acceptors (Lipinski definition) is 6. The van der Waals surface area contributed by atoms with Crippen LogP contribution >= 0.6 is 0 Å². The Hall–Kier alpha value is -2.91. The Morgan fingerprint density at radius 3 is 2.52 bits per heavy atom. The lowest BCUT2D eigenvalue weighted by atomic mass is 10.2. The lowest BCUT2D eigenvalue weighted by Gasteiger charge is -2.13. The van der Waals surface area contributed by atoms with Crippen LogP contribution in [0.1, 0.15) is 5.56 Å². The molecule has 144 valence electrons. The van der Waals surface area contributed by atoms with Gasteiger partial charge in [0.25, 0.3) is 5.56 Å². The molecule has 0 aliphatic rings. The van der Waals surface area contributed by atoms with E-state index in [1.807, 2.05) is 24.3 Å². The van der Waals surface area contributed by atoms with E-state index in [-0.39, 0.29) is 24.3 Å². The highest BCUT2D eigenvalue weighted by atomic mass is 16.5. The van der Waals surface area contributed by atoms with Gasteiger partial charge in [-0.3, -0.25) is 13.9 Å². The van der Waals surface area contributed by atoms with E-state index in [1.54, 1.807) is 18.7 Å². The van der Waals surface area contributed by atoms with Gasteiger partial charge in [0.1, 0.15) is 5.75 Å². The van der Waals surface area contributed by atoms with Crippen LogP contribution in [0.2, 0.25) is 0 Å². The fourth-order valence-corrected chi connectivity index (χ4v) is 2.85. The maximum atomic E-state index is 12.4. The molecular formula is C18H22N4O5. The molecule has 3 aromatic rings. The van der Waals surface area contributed by atoms with Crippen LogP contribution < -0.4 is 16.0 Å². The lowest BCUT2D eigenvalue weighted by Crippen LogP contribution is -2.38. The number of imidazole rings is 1.